The van der Waals surface area contributed by atoms with Gasteiger partial charge in [-0.15, -0.1) is 0 Å². The standard InChI is InChI=1S/C27H45IS/c1-18(2)7-6-8-19(3)23-11-12-24-22-10-9-20-17-21(29-28)13-15-26(20,4)25(22)14-16-27(23,24)5/h9,18-19,21-25H,6-8,10-17H2,1-5H3/t19-,21?,22?,23-,24+,25+,26?,27?/m1/s1. The lowest BCUT2D eigenvalue weighted by atomic mass is 9.47. The fourth-order valence-electron chi connectivity index (χ4n) is 8.73. The summed E-state index contributed by atoms with van der Waals surface area (Å²) in [5.41, 5.74) is 3.03. The fourth-order valence-corrected chi connectivity index (χ4v) is 10.5. The summed E-state index contributed by atoms with van der Waals surface area (Å²) in [6.45, 7) is 12.8. The predicted molar refractivity (Wildman–Crippen MR) is 138 cm³/mol. The zero-order valence-corrected chi connectivity index (χ0v) is 22.7. The van der Waals surface area contributed by atoms with Gasteiger partial charge in [-0.3, -0.25) is 0 Å². The molecule has 29 heavy (non-hydrogen) atoms. The number of hydrogen-bond acceptors (Lipinski definition) is 1. The minimum atomic E-state index is 0.536. The molecule has 2 heteroatoms. The molecule has 3 fully saturated rings. The van der Waals surface area contributed by atoms with Crippen molar-refractivity contribution in [1.29, 1.82) is 0 Å². The monoisotopic (exact) mass is 528 g/mol. The van der Waals surface area contributed by atoms with Crippen LogP contribution in [0.1, 0.15) is 105 Å². The SMILES string of the molecule is CC(C)CCC[C@@H](C)[C@H]1CC[C@H]2C3CC=C4CC(SI)CCC4(C)[C@H]3CCC12C. The molecule has 4 rings (SSSR count). The van der Waals surface area contributed by atoms with E-state index in [4.69, 9.17) is 0 Å². The summed E-state index contributed by atoms with van der Waals surface area (Å²) in [5.74, 6) is 5.76. The lowest BCUT2D eigenvalue weighted by molar-refractivity contribution is -0.0497. The number of allylic oxidation sites excluding steroid dienone is 2. The second-order valence-electron chi connectivity index (χ2n) is 12.2. The van der Waals surface area contributed by atoms with E-state index < -0.39 is 0 Å². The molecule has 0 heterocycles. The van der Waals surface area contributed by atoms with Crippen LogP contribution in [-0.2, 0) is 0 Å². The summed E-state index contributed by atoms with van der Waals surface area (Å²) in [4.78, 5) is 0. The predicted octanol–water partition coefficient (Wildman–Crippen LogP) is 9.48. The Morgan fingerprint density at radius 2 is 1.83 bits per heavy atom. The van der Waals surface area contributed by atoms with E-state index in [2.05, 4.69) is 70.8 Å². The van der Waals surface area contributed by atoms with Crippen molar-refractivity contribution < 1.29 is 0 Å². The van der Waals surface area contributed by atoms with Gasteiger partial charge in [0.2, 0.25) is 0 Å². The molecule has 0 aliphatic heterocycles. The highest BCUT2D eigenvalue weighted by Gasteiger charge is 2.59. The zero-order chi connectivity index (χ0) is 20.8. The van der Waals surface area contributed by atoms with Crippen molar-refractivity contribution >= 4 is 30.1 Å². The molecule has 0 bridgehead atoms. The molecule has 0 radical (unpaired) electrons. The first-order chi connectivity index (χ1) is 13.8. The molecule has 0 nitrogen and oxygen atoms in total. The van der Waals surface area contributed by atoms with Crippen LogP contribution in [0.4, 0.5) is 0 Å². The van der Waals surface area contributed by atoms with E-state index in [1.54, 1.807) is 0 Å². The molecule has 4 unspecified atom stereocenters. The smallest absolute Gasteiger partial charge is 0.0185 e. The third kappa shape index (κ3) is 4.13. The first-order valence-electron chi connectivity index (χ1n) is 12.8. The quantitative estimate of drug-likeness (QED) is 0.244. The van der Waals surface area contributed by atoms with Gasteiger partial charge in [-0.2, -0.15) is 0 Å². The van der Waals surface area contributed by atoms with Gasteiger partial charge in [0.05, 0.1) is 0 Å². The summed E-state index contributed by atoms with van der Waals surface area (Å²) in [5, 5.41) is 0.878. The maximum absolute atomic E-state index is 2.76. The molecule has 0 amide bonds. The van der Waals surface area contributed by atoms with E-state index >= 15 is 0 Å². The van der Waals surface area contributed by atoms with Crippen LogP contribution < -0.4 is 0 Å². The lowest BCUT2D eigenvalue weighted by Crippen LogP contribution is -2.50. The molecule has 0 spiro atoms. The molecule has 0 aromatic heterocycles. The minimum absolute atomic E-state index is 0.536. The van der Waals surface area contributed by atoms with Crippen LogP contribution in [0.5, 0.6) is 0 Å². The molecule has 4 aliphatic rings. The average molecular weight is 529 g/mol. The largest absolute Gasteiger partial charge is 0.0856 e. The third-order valence-electron chi connectivity index (χ3n) is 10.4. The highest BCUT2D eigenvalue weighted by molar-refractivity contribution is 14.2. The van der Waals surface area contributed by atoms with Crippen molar-refractivity contribution in [3.8, 4) is 0 Å². The van der Waals surface area contributed by atoms with Crippen LogP contribution in [0.3, 0.4) is 0 Å². The molecule has 0 N–H and O–H groups in total. The maximum atomic E-state index is 2.76. The van der Waals surface area contributed by atoms with E-state index in [1.807, 2.05) is 5.57 Å². The molecule has 0 aromatic carbocycles. The molecule has 166 valence electrons. The van der Waals surface area contributed by atoms with Gasteiger partial charge in [0.25, 0.3) is 0 Å². The van der Waals surface area contributed by atoms with Gasteiger partial charge in [0, 0.05) is 5.25 Å². The number of hydrogen-bond donors (Lipinski definition) is 0. The molecule has 8 atom stereocenters. The molecule has 0 aromatic rings. The van der Waals surface area contributed by atoms with Crippen molar-refractivity contribution in [2.45, 2.75) is 110 Å². The van der Waals surface area contributed by atoms with Crippen LogP contribution in [0.2, 0.25) is 0 Å². The van der Waals surface area contributed by atoms with Crippen LogP contribution in [0, 0.1) is 46.3 Å². The summed E-state index contributed by atoms with van der Waals surface area (Å²) in [6.07, 6.45) is 18.9. The Kier molecular flexibility index (Phi) is 7.13. The van der Waals surface area contributed by atoms with E-state index in [0.29, 0.717) is 10.8 Å². The third-order valence-corrected chi connectivity index (χ3v) is 13.2. The zero-order valence-electron chi connectivity index (χ0n) is 19.7. The Morgan fingerprint density at radius 3 is 2.55 bits per heavy atom. The topological polar surface area (TPSA) is 0 Å². The van der Waals surface area contributed by atoms with E-state index in [-0.39, 0.29) is 0 Å². The Labute approximate surface area is 197 Å². The lowest BCUT2D eigenvalue weighted by Gasteiger charge is -2.58. The second kappa shape index (κ2) is 8.99. The summed E-state index contributed by atoms with van der Waals surface area (Å²) in [7, 11) is 2.09. The average Bonchev–Trinajstić information content (AvgIpc) is 3.04. The summed E-state index contributed by atoms with van der Waals surface area (Å²) < 4.78 is 0. The van der Waals surface area contributed by atoms with Gasteiger partial charge in [-0.1, -0.05) is 74.5 Å². The van der Waals surface area contributed by atoms with Crippen molar-refractivity contribution in [3.05, 3.63) is 11.6 Å². The van der Waals surface area contributed by atoms with Crippen molar-refractivity contribution in [1.82, 2.24) is 0 Å². The first-order valence-corrected chi connectivity index (χ1v) is 16.2. The fraction of sp³-hybridized carbons (Fsp3) is 0.926. The number of rotatable bonds is 6. The highest BCUT2D eigenvalue weighted by atomic mass is 127. The summed E-state index contributed by atoms with van der Waals surface area (Å²) >= 11 is 2.54. The van der Waals surface area contributed by atoms with Crippen LogP contribution >= 0.6 is 30.1 Å². The van der Waals surface area contributed by atoms with Gasteiger partial charge in [0.1, 0.15) is 0 Å². The molecule has 4 aliphatic carbocycles. The van der Waals surface area contributed by atoms with E-state index in [9.17, 15) is 0 Å². The Hall–Kier alpha value is 0.820. The molecule has 0 saturated heterocycles. The Balaban J connectivity index is 1.48. The Morgan fingerprint density at radius 1 is 1.03 bits per heavy atom. The minimum Gasteiger partial charge on any atom is -0.0856 e. The van der Waals surface area contributed by atoms with Gasteiger partial charge in [0.15, 0.2) is 0 Å². The molecular formula is C27H45IS. The van der Waals surface area contributed by atoms with Crippen LogP contribution in [0.15, 0.2) is 11.6 Å². The molecular weight excluding hydrogens is 483 g/mol. The van der Waals surface area contributed by atoms with Crippen LogP contribution in [-0.4, -0.2) is 5.25 Å². The van der Waals surface area contributed by atoms with Gasteiger partial charge >= 0.3 is 0 Å². The van der Waals surface area contributed by atoms with Crippen molar-refractivity contribution in [2.75, 3.05) is 0 Å². The highest BCUT2D eigenvalue weighted by Crippen LogP contribution is 2.67. The molecule has 3 saturated carbocycles. The van der Waals surface area contributed by atoms with Gasteiger partial charge < -0.3 is 0 Å². The Bertz CT molecular complexity index is 612. The van der Waals surface area contributed by atoms with Crippen molar-refractivity contribution in [3.63, 3.8) is 0 Å². The number of fused-ring (bicyclic) bond motifs is 5. The van der Waals surface area contributed by atoms with Crippen LogP contribution in [0.25, 0.3) is 0 Å². The summed E-state index contributed by atoms with van der Waals surface area (Å²) in [6, 6.07) is 0. The normalized spacial score (nSPS) is 45.3. The number of halogens is 1. The van der Waals surface area contributed by atoms with E-state index in [1.165, 1.54) is 70.6 Å². The van der Waals surface area contributed by atoms with Crippen molar-refractivity contribution in [2.24, 2.45) is 46.3 Å². The van der Waals surface area contributed by atoms with E-state index in [0.717, 1.165) is 40.8 Å². The first kappa shape index (κ1) is 23.0. The van der Waals surface area contributed by atoms with Gasteiger partial charge in [-0.25, -0.2) is 0 Å². The van der Waals surface area contributed by atoms with Gasteiger partial charge in [-0.05, 0) is 119 Å². The maximum Gasteiger partial charge on any atom is 0.0185 e. The second-order valence-corrected chi connectivity index (χ2v) is 14.6.